The molecule has 2 atom stereocenters. The minimum absolute atomic E-state index is 0.0716. The third-order valence-electron chi connectivity index (χ3n) is 3.85. The highest BCUT2D eigenvalue weighted by Crippen LogP contribution is 2.41. The number of carbonyl (C=O) groups is 1. The van der Waals surface area contributed by atoms with Crippen LogP contribution >= 0.6 is 27.7 Å². The Kier molecular flexibility index (Phi) is 4.59. The topological polar surface area (TPSA) is 66.8 Å². The molecule has 2 aliphatic rings. The maximum atomic E-state index is 12.0. The maximum Gasteiger partial charge on any atom is 0.250 e. The molecule has 2 aliphatic heterocycles. The van der Waals surface area contributed by atoms with Gasteiger partial charge in [0, 0.05) is 21.3 Å². The molecule has 0 aromatic heterocycles. The number of fused-ring (bicyclic) bond motifs is 1. The van der Waals surface area contributed by atoms with Crippen LogP contribution in [0.4, 0.5) is 5.69 Å². The molecule has 2 fully saturated rings. The number of hydrogen-bond donors (Lipinski definition) is 0. The number of amides is 1. The number of carbonyl (C=O) groups excluding carboxylic acids is 1. The van der Waals surface area contributed by atoms with Gasteiger partial charge in [-0.1, -0.05) is 47.6 Å². The fourth-order valence-corrected chi connectivity index (χ4v) is 7.02. The van der Waals surface area contributed by atoms with Crippen molar-refractivity contribution in [2.45, 2.75) is 25.1 Å². The van der Waals surface area contributed by atoms with E-state index in [1.54, 1.807) is 13.8 Å². The molecule has 2 saturated heterocycles. The Hall–Kier alpha value is -0.860. The summed E-state index contributed by atoms with van der Waals surface area (Å²) in [4.78, 5) is 18.2. The van der Waals surface area contributed by atoms with Gasteiger partial charge in [-0.2, -0.15) is 4.99 Å². The highest BCUT2D eigenvalue weighted by Gasteiger charge is 2.49. The predicted octanol–water partition coefficient (Wildman–Crippen LogP) is 2.71. The van der Waals surface area contributed by atoms with Crippen LogP contribution in [0.1, 0.15) is 13.8 Å². The van der Waals surface area contributed by atoms with Gasteiger partial charge in [-0.3, -0.25) is 4.79 Å². The lowest BCUT2D eigenvalue weighted by atomic mass is 10.2. The summed E-state index contributed by atoms with van der Waals surface area (Å²) in [5.41, 5.74) is 0.854. The lowest BCUT2D eigenvalue weighted by molar-refractivity contribution is -0.120. The molecule has 0 aliphatic carbocycles. The van der Waals surface area contributed by atoms with Crippen LogP contribution in [0.15, 0.2) is 33.7 Å². The van der Waals surface area contributed by atoms with Crippen molar-refractivity contribution in [1.82, 2.24) is 0 Å². The highest BCUT2D eigenvalue weighted by molar-refractivity contribution is 9.10. The molecule has 0 radical (unpaired) electrons. The number of anilines is 1. The van der Waals surface area contributed by atoms with Crippen LogP contribution < -0.4 is 4.90 Å². The Morgan fingerprint density at radius 1 is 1.39 bits per heavy atom. The molecule has 8 heteroatoms. The minimum atomic E-state index is -3.04. The smallest absolute Gasteiger partial charge is 0.250 e. The molecule has 1 amide bonds. The monoisotopic (exact) mass is 416 g/mol. The summed E-state index contributed by atoms with van der Waals surface area (Å²) in [6, 6.07) is 7.46. The van der Waals surface area contributed by atoms with Crippen LogP contribution in [-0.2, 0) is 14.6 Å². The quantitative estimate of drug-likeness (QED) is 0.741. The van der Waals surface area contributed by atoms with E-state index in [1.165, 1.54) is 11.8 Å². The van der Waals surface area contributed by atoms with E-state index >= 15 is 0 Å². The van der Waals surface area contributed by atoms with Crippen molar-refractivity contribution in [3.8, 4) is 0 Å². The van der Waals surface area contributed by atoms with Gasteiger partial charge in [0.25, 0.3) is 5.91 Å². The lowest BCUT2D eigenvalue weighted by Gasteiger charge is -2.24. The van der Waals surface area contributed by atoms with Gasteiger partial charge in [0.05, 0.1) is 17.5 Å². The molecular weight excluding hydrogens is 400 g/mol. The van der Waals surface area contributed by atoms with Gasteiger partial charge in [-0.05, 0) is 18.2 Å². The van der Waals surface area contributed by atoms with E-state index in [4.69, 9.17) is 0 Å². The van der Waals surface area contributed by atoms with Crippen molar-refractivity contribution < 1.29 is 13.2 Å². The average Bonchev–Trinajstić information content (AvgIpc) is 2.89. The van der Waals surface area contributed by atoms with E-state index in [1.807, 2.05) is 29.2 Å². The van der Waals surface area contributed by atoms with Crippen LogP contribution in [0.5, 0.6) is 0 Å². The van der Waals surface area contributed by atoms with Crippen LogP contribution in [-0.4, -0.2) is 42.3 Å². The maximum absolute atomic E-state index is 12.0. The first-order valence-electron chi connectivity index (χ1n) is 7.31. The molecule has 0 spiro atoms. The number of hydrogen-bond acceptors (Lipinski definition) is 4. The number of sulfone groups is 1. The molecule has 3 rings (SSSR count). The van der Waals surface area contributed by atoms with Crippen LogP contribution in [0.25, 0.3) is 0 Å². The second kappa shape index (κ2) is 6.22. The summed E-state index contributed by atoms with van der Waals surface area (Å²) in [6.45, 7) is 3.61. The summed E-state index contributed by atoms with van der Waals surface area (Å²) in [6.07, 6.45) is 0. The molecule has 0 bridgehead atoms. The Labute approximate surface area is 148 Å². The van der Waals surface area contributed by atoms with Gasteiger partial charge >= 0.3 is 0 Å². The number of thioether (sulfide) groups is 1. The van der Waals surface area contributed by atoms with E-state index in [-0.39, 0.29) is 34.6 Å². The Morgan fingerprint density at radius 2 is 2.13 bits per heavy atom. The summed E-state index contributed by atoms with van der Waals surface area (Å²) in [5.74, 6) is -0.125. The summed E-state index contributed by atoms with van der Waals surface area (Å²) >= 11 is 4.84. The van der Waals surface area contributed by atoms with Gasteiger partial charge in [-0.15, -0.1) is 0 Å². The van der Waals surface area contributed by atoms with E-state index in [0.29, 0.717) is 5.17 Å². The molecular formula is C15H17BrN2O3S2. The van der Waals surface area contributed by atoms with Crippen molar-refractivity contribution >= 4 is 54.3 Å². The molecule has 23 heavy (non-hydrogen) atoms. The average molecular weight is 417 g/mol. The predicted molar refractivity (Wildman–Crippen MR) is 97.7 cm³/mol. The Balaban J connectivity index is 2.02. The molecule has 5 nitrogen and oxygen atoms in total. The number of nitrogens with zero attached hydrogens (tertiary/aromatic N) is 2. The highest BCUT2D eigenvalue weighted by atomic mass is 79.9. The largest absolute Gasteiger partial charge is 0.316 e. The van der Waals surface area contributed by atoms with Gasteiger partial charge in [0.15, 0.2) is 15.0 Å². The Morgan fingerprint density at radius 3 is 2.78 bits per heavy atom. The van der Waals surface area contributed by atoms with Gasteiger partial charge in [-0.25, -0.2) is 8.42 Å². The second-order valence-electron chi connectivity index (χ2n) is 6.04. The van der Waals surface area contributed by atoms with Crippen LogP contribution in [0, 0.1) is 5.92 Å². The number of rotatable bonds is 2. The molecule has 0 unspecified atom stereocenters. The zero-order valence-electron chi connectivity index (χ0n) is 12.8. The van der Waals surface area contributed by atoms with Crippen LogP contribution in [0.2, 0.25) is 0 Å². The zero-order chi connectivity index (χ0) is 16.8. The molecule has 1 aromatic carbocycles. The van der Waals surface area contributed by atoms with Crippen molar-refractivity contribution in [1.29, 1.82) is 0 Å². The molecule has 1 aromatic rings. The molecule has 124 valence electrons. The first kappa shape index (κ1) is 17.0. The summed E-state index contributed by atoms with van der Waals surface area (Å²) in [7, 11) is -3.04. The van der Waals surface area contributed by atoms with Crippen molar-refractivity contribution in [3.05, 3.63) is 28.7 Å². The SMILES string of the molecule is CC(C)C(=O)N=C1S[C@H]2CS(=O)(=O)C[C@@H]2N1c1cccc(Br)c1. The number of benzene rings is 1. The summed E-state index contributed by atoms with van der Waals surface area (Å²) in [5, 5.41) is 0.532. The van der Waals surface area contributed by atoms with Crippen LogP contribution in [0.3, 0.4) is 0 Å². The first-order valence-corrected chi connectivity index (χ1v) is 10.8. The van der Waals surface area contributed by atoms with Gasteiger partial charge in [0.2, 0.25) is 0 Å². The number of halogens is 1. The lowest BCUT2D eigenvalue weighted by Crippen LogP contribution is -2.37. The van der Waals surface area contributed by atoms with Gasteiger partial charge in [0.1, 0.15) is 0 Å². The standard InChI is InChI=1S/C15H17BrN2O3S2/c1-9(2)14(19)17-15-18(11-5-3-4-10(16)6-11)12-7-23(20,21)8-13(12)22-15/h3-6,9,12-13H,7-8H2,1-2H3/t12-,13-/m0/s1. The van der Waals surface area contributed by atoms with Crippen molar-refractivity contribution in [2.75, 3.05) is 16.4 Å². The van der Waals surface area contributed by atoms with E-state index in [0.717, 1.165) is 10.2 Å². The number of amidine groups is 1. The fraction of sp³-hybridized carbons (Fsp3) is 0.467. The zero-order valence-corrected chi connectivity index (χ0v) is 16.0. The minimum Gasteiger partial charge on any atom is -0.316 e. The fourth-order valence-electron chi connectivity index (χ4n) is 2.72. The third-order valence-corrected chi connectivity index (χ3v) is 7.56. The molecule has 2 heterocycles. The Bertz CT molecular complexity index is 777. The van der Waals surface area contributed by atoms with E-state index in [2.05, 4.69) is 20.9 Å². The first-order chi connectivity index (χ1) is 10.8. The van der Waals surface area contributed by atoms with E-state index < -0.39 is 9.84 Å². The van der Waals surface area contributed by atoms with Crippen molar-refractivity contribution in [3.63, 3.8) is 0 Å². The number of aliphatic imine (C=N–C) groups is 1. The molecule has 0 saturated carbocycles. The van der Waals surface area contributed by atoms with Crippen molar-refractivity contribution in [2.24, 2.45) is 10.9 Å². The normalized spacial score (nSPS) is 27.7. The third kappa shape index (κ3) is 3.49. The molecule has 0 N–H and O–H groups in total. The summed E-state index contributed by atoms with van der Waals surface area (Å²) < 4.78 is 24.8. The van der Waals surface area contributed by atoms with Gasteiger partial charge < -0.3 is 4.90 Å². The second-order valence-corrected chi connectivity index (χ2v) is 10.3. The van der Waals surface area contributed by atoms with E-state index in [9.17, 15) is 13.2 Å².